The molecule has 32 heavy (non-hydrogen) atoms. The van der Waals surface area contributed by atoms with Crippen molar-refractivity contribution in [3.8, 4) is 11.1 Å². The highest BCUT2D eigenvalue weighted by molar-refractivity contribution is 5.95. The van der Waals surface area contributed by atoms with Gasteiger partial charge in [-0.3, -0.25) is 14.6 Å². The van der Waals surface area contributed by atoms with Crippen molar-refractivity contribution in [2.75, 3.05) is 19.6 Å². The molecule has 164 valence electrons. The molecule has 1 fully saturated rings. The first kappa shape index (κ1) is 21.7. The molecule has 1 atom stereocenters. The van der Waals surface area contributed by atoms with Crippen LogP contribution in [0.4, 0.5) is 4.39 Å². The minimum atomic E-state index is -0.699. The van der Waals surface area contributed by atoms with E-state index in [9.17, 15) is 14.0 Å². The molecular weight excluding hydrogens is 405 g/mol. The van der Waals surface area contributed by atoms with Gasteiger partial charge in [-0.25, -0.2) is 4.39 Å². The van der Waals surface area contributed by atoms with Gasteiger partial charge in [-0.05, 0) is 60.7 Å². The number of carbonyl (C=O) groups is 2. The molecule has 2 amide bonds. The molecule has 0 spiro atoms. The van der Waals surface area contributed by atoms with Crippen molar-refractivity contribution in [2.45, 2.75) is 19.8 Å². The summed E-state index contributed by atoms with van der Waals surface area (Å²) in [5.74, 6) is -0.414. The number of halogens is 1. The van der Waals surface area contributed by atoms with E-state index >= 15 is 0 Å². The van der Waals surface area contributed by atoms with Gasteiger partial charge in [0.25, 0.3) is 5.91 Å². The largest absolute Gasteiger partial charge is 0.356 e. The Kier molecular flexibility index (Phi) is 6.30. The van der Waals surface area contributed by atoms with Crippen molar-refractivity contribution < 1.29 is 14.0 Å². The van der Waals surface area contributed by atoms with Crippen LogP contribution in [0.15, 0.2) is 73.1 Å². The van der Waals surface area contributed by atoms with E-state index in [-0.39, 0.29) is 17.6 Å². The molecule has 2 aromatic carbocycles. The Bertz CT molecular complexity index is 1100. The van der Waals surface area contributed by atoms with Gasteiger partial charge in [0.15, 0.2) is 0 Å². The fraction of sp³-hybridized carbons (Fsp3) is 0.269. The molecule has 4 rings (SSSR count). The van der Waals surface area contributed by atoms with Crippen molar-refractivity contribution in [1.29, 1.82) is 0 Å². The normalized spacial score (nSPS) is 17.9. The molecule has 1 N–H and O–H groups in total. The van der Waals surface area contributed by atoms with Gasteiger partial charge < -0.3 is 10.2 Å². The highest BCUT2D eigenvalue weighted by atomic mass is 19.1. The third kappa shape index (κ3) is 4.54. The van der Waals surface area contributed by atoms with E-state index in [1.807, 2.05) is 31.2 Å². The summed E-state index contributed by atoms with van der Waals surface area (Å²) in [4.78, 5) is 31.9. The van der Waals surface area contributed by atoms with E-state index < -0.39 is 5.41 Å². The molecule has 6 heteroatoms. The third-order valence-electron chi connectivity index (χ3n) is 6.02. The minimum absolute atomic E-state index is 0.0336. The molecule has 0 bridgehead atoms. The molecule has 0 aliphatic carbocycles. The van der Waals surface area contributed by atoms with Crippen molar-refractivity contribution in [1.82, 2.24) is 15.2 Å². The van der Waals surface area contributed by atoms with E-state index in [1.165, 1.54) is 12.1 Å². The summed E-state index contributed by atoms with van der Waals surface area (Å²) in [6.45, 7) is 3.30. The SMILES string of the molecule is CCNC(=O)[C@]1(Cc2cccc(-c3ccc(F)cc3)c2)CCN(C(=O)c2cccnc2)C1. The zero-order valence-corrected chi connectivity index (χ0v) is 18.1. The summed E-state index contributed by atoms with van der Waals surface area (Å²) in [5, 5.41) is 2.97. The fourth-order valence-corrected chi connectivity index (χ4v) is 4.37. The zero-order chi connectivity index (χ0) is 22.6. The Morgan fingerprint density at radius 2 is 1.91 bits per heavy atom. The highest BCUT2D eigenvalue weighted by Gasteiger charge is 2.45. The van der Waals surface area contributed by atoms with Gasteiger partial charge in [-0.1, -0.05) is 36.4 Å². The van der Waals surface area contributed by atoms with Gasteiger partial charge in [0, 0.05) is 32.0 Å². The summed E-state index contributed by atoms with van der Waals surface area (Å²) >= 11 is 0. The molecule has 0 unspecified atom stereocenters. The van der Waals surface area contributed by atoms with Crippen LogP contribution in [-0.4, -0.2) is 41.3 Å². The second kappa shape index (κ2) is 9.30. The predicted molar refractivity (Wildman–Crippen MR) is 121 cm³/mol. The number of benzene rings is 2. The minimum Gasteiger partial charge on any atom is -0.356 e. The molecular formula is C26H26FN3O2. The quantitative estimate of drug-likeness (QED) is 0.639. The van der Waals surface area contributed by atoms with Crippen LogP contribution in [0.1, 0.15) is 29.3 Å². The third-order valence-corrected chi connectivity index (χ3v) is 6.02. The number of amides is 2. The lowest BCUT2D eigenvalue weighted by molar-refractivity contribution is -0.130. The Morgan fingerprint density at radius 1 is 1.09 bits per heavy atom. The Labute approximate surface area is 187 Å². The van der Waals surface area contributed by atoms with Crippen LogP contribution in [0.25, 0.3) is 11.1 Å². The van der Waals surface area contributed by atoms with E-state index in [2.05, 4.69) is 10.3 Å². The van der Waals surface area contributed by atoms with Crippen LogP contribution < -0.4 is 5.32 Å². The van der Waals surface area contributed by atoms with Crippen molar-refractivity contribution in [2.24, 2.45) is 5.41 Å². The standard InChI is InChI=1S/C26H26FN3O2/c1-2-29-25(32)26(12-14-30(18-26)24(31)22-7-4-13-28-17-22)16-19-5-3-6-21(15-19)20-8-10-23(27)11-9-20/h3-11,13,15,17H,2,12,14,16,18H2,1H3,(H,29,32)/t26-/m0/s1. The van der Waals surface area contributed by atoms with Crippen molar-refractivity contribution in [3.63, 3.8) is 0 Å². The molecule has 1 saturated heterocycles. The number of likely N-dealkylation sites (tertiary alicyclic amines) is 1. The van der Waals surface area contributed by atoms with E-state index in [1.54, 1.807) is 41.6 Å². The van der Waals surface area contributed by atoms with Gasteiger partial charge in [0.2, 0.25) is 5.91 Å². The molecule has 0 saturated carbocycles. The second-order valence-corrected chi connectivity index (χ2v) is 8.24. The average Bonchev–Trinajstić information content (AvgIpc) is 3.25. The van der Waals surface area contributed by atoms with E-state index in [0.29, 0.717) is 38.0 Å². The van der Waals surface area contributed by atoms with Gasteiger partial charge in [0.05, 0.1) is 11.0 Å². The van der Waals surface area contributed by atoms with Crippen LogP contribution in [0, 0.1) is 11.2 Å². The molecule has 3 aromatic rings. The van der Waals surface area contributed by atoms with E-state index in [4.69, 9.17) is 0 Å². The van der Waals surface area contributed by atoms with Crippen molar-refractivity contribution in [3.05, 3.63) is 90.0 Å². The van der Waals surface area contributed by atoms with Gasteiger partial charge in [0.1, 0.15) is 5.82 Å². The highest BCUT2D eigenvalue weighted by Crippen LogP contribution is 2.36. The number of hydrogen-bond donors (Lipinski definition) is 1. The number of pyridine rings is 1. The fourth-order valence-electron chi connectivity index (χ4n) is 4.37. The summed E-state index contributed by atoms with van der Waals surface area (Å²) in [6, 6.07) is 17.8. The maximum Gasteiger partial charge on any atom is 0.255 e. The number of hydrogen-bond acceptors (Lipinski definition) is 3. The monoisotopic (exact) mass is 431 g/mol. The Morgan fingerprint density at radius 3 is 2.62 bits per heavy atom. The van der Waals surface area contributed by atoms with Gasteiger partial charge in [-0.2, -0.15) is 0 Å². The summed E-state index contributed by atoms with van der Waals surface area (Å²) < 4.78 is 13.3. The second-order valence-electron chi connectivity index (χ2n) is 8.24. The number of nitrogens with one attached hydrogen (secondary N) is 1. The first-order valence-corrected chi connectivity index (χ1v) is 10.8. The number of nitrogens with zero attached hydrogens (tertiary/aromatic N) is 2. The van der Waals surface area contributed by atoms with Crippen LogP contribution in [-0.2, 0) is 11.2 Å². The lowest BCUT2D eigenvalue weighted by Crippen LogP contribution is -2.45. The molecule has 0 radical (unpaired) electrons. The predicted octanol–water partition coefficient (Wildman–Crippen LogP) is 4.10. The lowest BCUT2D eigenvalue weighted by Gasteiger charge is -2.28. The van der Waals surface area contributed by atoms with Crippen molar-refractivity contribution >= 4 is 11.8 Å². The number of carbonyl (C=O) groups excluding carboxylic acids is 2. The van der Waals surface area contributed by atoms with Crippen LogP contribution >= 0.6 is 0 Å². The van der Waals surface area contributed by atoms with Crippen LogP contribution in [0.3, 0.4) is 0 Å². The molecule has 1 aromatic heterocycles. The summed E-state index contributed by atoms with van der Waals surface area (Å²) in [5.41, 5.74) is 2.72. The Hall–Kier alpha value is -3.54. The number of aromatic nitrogens is 1. The zero-order valence-electron chi connectivity index (χ0n) is 18.1. The van der Waals surface area contributed by atoms with E-state index in [0.717, 1.165) is 16.7 Å². The van der Waals surface area contributed by atoms with Crippen LogP contribution in [0.2, 0.25) is 0 Å². The average molecular weight is 432 g/mol. The summed E-state index contributed by atoms with van der Waals surface area (Å²) in [7, 11) is 0. The molecule has 2 heterocycles. The molecule has 1 aliphatic rings. The first-order chi connectivity index (χ1) is 15.5. The topological polar surface area (TPSA) is 62.3 Å². The maximum absolute atomic E-state index is 13.3. The maximum atomic E-state index is 13.3. The molecule has 5 nitrogen and oxygen atoms in total. The first-order valence-electron chi connectivity index (χ1n) is 10.8. The van der Waals surface area contributed by atoms with Crippen LogP contribution in [0.5, 0.6) is 0 Å². The summed E-state index contributed by atoms with van der Waals surface area (Å²) in [6.07, 6.45) is 4.30. The Balaban J connectivity index is 1.59. The molecule has 1 aliphatic heterocycles. The number of rotatable bonds is 6. The van der Waals surface area contributed by atoms with Gasteiger partial charge in [-0.15, -0.1) is 0 Å². The smallest absolute Gasteiger partial charge is 0.255 e. The van der Waals surface area contributed by atoms with Gasteiger partial charge >= 0.3 is 0 Å². The lowest BCUT2D eigenvalue weighted by atomic mass is 9.79.